The van der Waals surface area contributed by atoms with E-state index in [0.717, 1.165) is 0 Å². The molecule has 1 aromatic rings. The van der Waals surface area contributed by atoms with Crippen LogP contribution in [0.1, 0.15) is 37.8 Å². The zero-order valence-corrected chi connectivity index (χ0v) is 17.6. The topological polar surface area (TPSA) is 150 Å². The maximum absolute atomic E-state index is 12.7. The minimum atomic E-state index is -3.03. The predicted octanol–water partition coefficient (Wildman–Crippen LogP) is 1.18. The van der Waals surface area contributed by atoms with Gasteiger partial charge in [0.25, 0.3) is 5.78 Å². The van der Waals surface area contributed by atoms with Crippen LogP contribution < -0.4 is 10.6 Å². The fraction of sp³-hybridized carbons (Fsp3) is 0.476. The van der Waals surface area contributed by atoms with Gasteiger partial charge < -0.3 is 20.8 Å². The van der Waals surface area contributed by atoms with Crippen molar-refractivity contribution in [2.45, 2.75) is 58.0 Å². The van der Waals surface area contributed by atoms with Gasteiger partial charge in [-0.2, -0.15) is 0 Å². The molecule has 2 atom stereocenters. The quantitative estimate of drug-likeness (QED) is 0.326. The Morgan fingerprint density at radius 3 is 1.91 bits per heavy atom. The van der Waals surface area contributed by atoms with E-state index in [1.807, 2.05) is 5.32 Å². The summed E-state index contributed by atoms with van der Waals surface area (Å²) in [5.74, 6) is -6.34. The van der Waals surface area contributed by atoms with Crippen molar-refractivity contribution in [2.24, 2.45) is 5.92 Å². The van der Waals surface area contributed by atoms with E-state index in [0.29, 0.717) is 11.1 Å². The smallest absolute Gasteiger partial charge is 0.374 e. The van der Waals surface area contributed by atoms with Crippen molar-refractivity contribution in [2.75, 3.05) is 0 Å². The molecule has 0 aliphatic carbocycles. The van der Waals surface area contributed by atoms with Crippen molar-refractivity contribution in [1.29, 1.82) is 0 Å². The first kappa shape index (κ1) is 26.7. The Bertz CT molecular complexity index is 858. The summed E-state index contributed by atoms with van der Waals surface area (Å²) in [5.41, 5.74) is 0.858. The molecule has 0 aromatic heterocycles. The molecule has 0 heterocycles. The minimum Gasteiger partial charge on any atom is -0.481 e. The lowest BCUT2D eigenvalue weighted by Crippen LogP contribution is -2.53. The third-order valence-corrected chi connectivity index (χ3v) is 4.43. The Kier molecular flexibility index (Phi) is 10.4. The van der Waals surface area contributed by atoms with Crippen LogP contribution in [0.25, 0.3) is 0 Å². The first-order valence-electron chi connectivity index (χ1n) is 9.84. The van der Waals surface area contributed by atoms with Gasteiger partial charge in [-0.05, 0) is 23.5 Å². The van der Waals surface area contributed by atoms with Gasteiger partial charge in [0.1, 0.15) is 12.1 Å². The van der Waals surface area contributed by atoms with Gasteiger partial charge in [0, 0.05) is 6.42 Å². The molecule has 2 unspecified atom stereocenters. The fourth-order valence-electron chi connectivity index (χ4n) is 3.02. The Hall–Kier alpha value is -3.37. The van der Waals surface area contributed by atoms with Crippen molar-refractivity contribution in [1.82, 2.24) is 10.6 Å². The van der Waals surface area contributed by atoms with E-state index in [1.54, 1.807) is 38.1 Å². The second kappa shape index (κ2) is 12.5. The number of carboxylic acids is 2. The maximum Gasteiger partial charge on any atom is 0.374 e. The summed E-state index contributed by atoms with van der Waals surface area (Å²) in [5, 5.41) is 22.3. The first-order valence-corrected chi connectivity index (χ1v) is 9.84. The van der Waals surface area contributed by atoms with Crippen LogP contribution in [0.15, 0.2) is 24.3 Å². The molecule has 0 saturated carbocycles. The van der Waals surface area contributed by atoms with E-state index in [2.05, 4.69) is 5.32 Å². The van der Waals surface area contributed by atoms with Gasteiger partial charge in [-0.1, -0.05) is 38.1 Å². The zero-order chi connectivity index (χ0) is 24.4. The van der Waals surface area contributed by atoms with Gasteiger partial charge in [0.15, 0.2) is 0 Å². The van der Waals surface area contributed by atoms with Crippen LogP contribution in [0.3, 0.4) is 0 Å². The van der Waals surface area contributed by atoms with E-state index >= 15 is 0 Å². The van der Waals surface area contributed by atoms with E-state index < -0.39 is 54.5 Å². The molecular weight excluding hydrogens is 430 g/mol. The van der Waals surface area contributed by atoms with Crippen molar-refractivity contribution in [3.8, 4) is 0 Å². The lowest BCUT2D eigenvalue weighted by atomic mass is 9.99. The van der Waals surface area contributed by atoms with Crippen molar-refractivity contribution in [3.63, 3.8) is 0 Å². The highest BCUT2D eigenvalue weighted by Crippen LogP contribution is 2.13. The maximum atomic E-state index is 12.7. The summed E-state index contributed by atoms with van der Waals surface area (Å²) >= 11 is 0. The number of hydrogen-bond donors (Lipinski definition) is 4. The molecule has 32 heavy (non-hydrogen) atoms. The Labute approximate surface area is 183 Å². The van der Waals surface area contributed by atoms with Crippen LogP contribution in [-0.2, 0) is 36.8 Å². The number of nitrogens with one attached hydrogen (secondary N) is 2. The van der Waals surface area contributed by atoms with Crippen LogP contribution >= 0.6 is 0 Å². The molecule has 1 rings (SSSR count). The molecular formula is C21H26F2N2O7. The van der Waals surface area contributed by atoms with Gasteiger partial charge in [0.2, 0.25) is 18.2 Å². The normalized spacial score (nSPS) is 12.8. The molecule has 0 radical (unpaired) electrons. The summed E-state index contributed by atoms with van der Waals surface area (Å²) in [6, 6.07) is 3.22. The average Bonchev–Trinajstić information content (AvgIpc) is 2.66. The van der Waals surface area contributed by atoms with Gasteiger partial charge in [-0.15, -0.1) is 0 Å². The number of alkyl halides is 2. The Morgan fingerprint density at radius 2 is 1.44 bits per heavy atom. The highest BCUT2D eigenvalue weighted by atomic mass is 19.3. The Balaban J connectivity index is 2.97. The molecule has 0 aliphatic heterocycles. The predicted molar refractivity (Wildman–Crippen MR) is 108 cm³/mol. The zero-order valence-electron chi connectivity index (χ0n) is 17.6. The van der Waals surface area contributed by atoms with Crippen LogP contribution in [0, 0.1) is 5.92 Å². The number of amides is 2. The van der Waals surface area contributed by atoms with E-state index in [4.69, 9.17) is 10.2 Å². The molecule has 0 fully saturated rings. The molecule has 4 N–H and O–H groups in total. The summed E-state index contributed by atoms with van der Waals surface area (Å²) in [7, 11) is 0. The van der Waals surface area contributed by atoms with Crippen LogP contribution in [0.2, 0.25) is 0 Å². The Morgan fingerprint density at radius 1 is 0.875 bits per heavy atom. The fourth-order valence-corrected chi connectivity index (χ4v) is 3.02. The average molecular weight is 456 g/mol. The summed E-state index contributed by atoms with van der Waals surface area (Å²) in [6.07, 6.45) is -4.66. The summed E-state index contributed by atoms with van der Waals surface area (Å²) in [6.45, 7) is 3.49. The number of benzene rings is 1. The molecule has 11 heteroatoms. The van der Waals surface area contributed by atoms with Gasteiger partial charge in [-0.25, -0.2) is 13.6 Å². The molecule has 0 bridgehead atoms. The van der Waals surface area contributed by atoms with Crippen molar-refractivity contribution in [3.05, 3.63) is 35.4 Å². The molecule has 2 amide bonds. The molecule has 0 aliphatic rings. The number of halogens is 2. The summed E-state index contributed by atoms with van der Waals surface area (Å²) in [4.78, 5) is 58.7. The highest BCUT2D eigenvalue weighted by Gasteiger charge is 2.32. The monoisotopic (exact) mass is 456 g/mol. The summed E-state index contributed by atoms with van der Waals surface area (Å²) < 4.78 is 25.5. The standard InChI is InChI=1S/C21H26F2N2O7/c1-11(2)7-15(20(30)25-14(10-16(22)23)19(29)21(31)32)24-17(26)8-12-5-3-4-6-13(12)9-18(27)28/h3-6,11,14-16H,7-10H2,1-2H3,(H,24,26)(H,25,30)(H,27,28)(H,31,32). The molecule has 0 spiro atoms. The van der Waals surface area contributed by atoms with E-state index in [-0.39, 0.29) is 25.2 Å². The van der Waals surface area contributed by atoms with Crippen molar-refractivity contribution >= 4 is 29.5 Å². The SMILES string of the molecule is CC(C)CC(NC(=O)Cc1ccccc1CC(=O)O)C(=O)NC(CC(F)F)C(=O)C(=O)O. The number of carboxylic acid groups (broad SMARTS) is 2. The molecule has 0 saturated heterocycles. The van der Waals surface area contributed by atoms with Gasteiger partial charge >= 0.3 is 11.9 Å². The number of carbonyl (C=O) groups excluding carboxylic acids is 3. The second-order valence-corrected chi connectivity index (χ2v) is 7.62. The van der Waals surface area contributed by atoms with Crippen molar-refractivity contribution < 1.29 is 43.0 Å². The third kappa shape index (κ3) is 9.19. The third-order valence-electron chi connectivity index (χ3n) is 4.43. The number of rotatable bonds is 13. The molecule has 1 aromatic carbocycles. The van der Waals surface area contributed by atoms with Crippen LogP contribution in [-0.4, -0.2) is 58.3 Å². The minimum absolute atomic E-state index is 0.0943. The number of hydrogen-bond acceptors (Lipinski definition) is 5. The largest absolute Gasteiger partial charge is 0.481 e. The lowest BCUT2D eigenvalue weighted by molar-refractivity contribution is -0.151. The molecule has 176 valence electrons. The highest BCUT2D eigenvalue weighted by molar-refractivity contribution is 6.35. The number of carbonyl (C=O) groups is 5. The van der Waals surface area contributed by atoms with Gasteiger partial charge in [-0.3, -0.25) is 19.2 Å². The number of Topliss-reactive ketones (excluding diaryl/α,β-unsaturated/α-hetero) is 1. The second-order valence-electron chi connectivity index (χ2n) is 7.62. The van der Waals surface area contributed by atoms with E-state index in [9.17, 15) is 32.8 Å². The number of aliphatic carboxylic acids is 2. The van der Waals surface area contributed by atoms with E-state index in [1.165, 1.54) is 0 Å². The van der Waals surface area contributed by atoms with Gasteiger partial charge in [0.05, 0.1) is 12.8 Å². The van der Waals surface area contributed by atoms with Crippen LogP contribution in [0.5, 0.6) is 0 Å². The number of ketones is 1. The lowest BCUT2D eigenvalue weighted by Gasteiger charge is -2.23. The van der Waals surface area contributed by atoms with Crippen LogP contribution in [0.4, 0.5) is 8.78 Å². The first-order chi connectivity index (χ1) is 14.9. The molecule has 9 nitrogen and oxygen atoms in total.